The maximum atomic E-state index is 13.4. The lowest BCUT2D eigenvalue weighted by atomic mass is 9.83. The van der Waals surface area contributed by atoms with Crippen molar-refractivity contribution in [3.8, 4) is 5.88 Å². The number of aromatic nitrogens is 2. The molecule has 11 nitrogen and oxygen atoms in total. The molecule has 150 valence electrons. The Morgan fingerprint density at radius 3 is 3.04 bits per heavy atom. The number of aliphatic hydroxyl groups is 2. The molecular weight excluding hydrogens is 377 g/mol. The van der Waals surface area contributed by atoms with Crippen molar-refractivity contribution in [3.63, 3.8) is 0 Å². The molecule has 1 aliphatic carbocycles. The van der Waals surface area contributed by atoms with Crippen molar-refractivity contribution in [1.82, 2.24) is 20.9 Å². The number of hydrogen-bond acceptors (Lipinski definition) is 9. The SMILES string of the molecule is O=C(NCCOc1nonc1/C(=N\O)N[C@H]1Cc2ccc(F)cc21)[C@H](O)CO. The Balaban J connectivity index is 1.57. The quantitative estimate of drug-likeness (QED) is 0.125. The standard InChI is InChI=1S/C16H18FN5O6/c17-9-2-1-8-5-11(10(8)6-9)19-14(20-26)13-16(22-28-21-13)27-4-3-18-15(25)12(24)7-23/h1-2,6,11-12,23-24,26H,3-5,7H2,(H,18,25)(H,19,20)/t11-,12+/m0/s1. The van der Waals surface area contributed by atoms with E-state index in [2.05, 4.69) is 30.7 Å². The minimum Gasteiger partial charge on any atom is -0.472 e. The highest BCUT2D eigenvalue weighted by atomic mass is 19.1. The van der Waals surface area contributed by atoms with Crippen LogP contribution in [0.5, 0.6) is 5.88 Å². The van der Waals surface area contributed by atoms with Crippen molar-refractivity contribution < 1.29 is 34.0 Å². The van der Waals surface area contributed by atoms with Crippen molar-refractivity contribution in [2.24, 2.45) is 5.16 Å². The van der Waals surface area contributed by atoms with Crippen molar-refractivity contribution in [3.05, 3.63) is 40.8 Å². The van der Waals surface area contributed by atoms with Gasteiger partial charge in [-0.2, -0.15) is 0 Å². The monoisotopic (exact) mass is 395 g/mol. The Labute approximate surface area is 157 Å². The fraction of sp³-hybridized carbons (Fsp3) is 0.375. The zero-order valence-corrected chi connectivity index (χ0v) is 14.5. The third-order valence-electron chi connectivity index (χ3n) is 4.12. The second kappa shape index (κ2) is 8.63. The van der Waals surface area contributed by atoms with Crippen LogP contribution in [0.4, 0.5) is 4.39 Å². The van der Waals surface area contributed by atoms with Crippen LogP contribution in [0.2, 0.25) is 0 Å². The van der Waals surface area contributed by atoms with Gasteiger partial charge in [-0.25, -0.2) is 9.02 Å². The molecule has 1 heterocycles. The molecule has 2 aromatic rings. The Bertz CT molecular complexity index is 873. The number of aliphatic hydroxyl groups excluding tert-OH is 2. The number of ether oxygens (including phenoxy) is 1. The van der Waals surface area contributed by atoms with Gasteiger partial charge in [-0.1, -0.05) is 11.2 Å². The summed E-state index contributed by atoms with van der Waals surface area (Å²) in [4.78, 5) is 11.3. The maximum absolute atomic E-state index is 13.4. The number of carbonyl (C=O) groups excluding carboxylic acids is 1. The van der Waals surface area contributed by atoms with Gasteiger partial charge < -0.3 is 30.8 Å². The molecule has 0 bridgehead atoms. The molecule has 12 heteroatoms. The first-order valence-corrected chi connectivity index (χ1v) is 8.32. The van der Waals surface area contributed by atoms with Crippen LogP contribution in [0, 0.1) is 5.82 Å². The van der Waals surface area contributed by atoms with Gasteiger partial charge in [0.05, 0.1) is 19.2 Å². The molecule has 5 N–H and O–H groups in total. The highest BCUT2D eigenvalue weighted by Gasteiger charge is 2.30. The summed E-state index contributed by atoms with van der Waals surface area (Å²) in [6, 6.07) is 4.18. The van der Waals surface area contributed by atoms with Gasteiger partial charge in [0.15, 0.2) is 6.10 Å². The van der Waals surface area contributed by atoms with Crippen LogP contribution in [0.25, 0.3) is 0 Å². The minimum atomic E-state index is -1.52. The first-order valence-electron chi connectivity index (χ1n) is 8.32. The van der Waals surface area contributed by atoms with Gasteiger partial charge in [-0.15, -0.1) is 0 Å². The fourth-order valence-corrected chi connectivity index (χ4v) is 2.66. The largest absolute Gasteiger partial charge is 0.472 e. The number of hydrogen-bond donors (Lipinski definition) is 5. The van der Waals surface area contributed by atoms with Gasteiger partial charge in [0.1, 0.15) is 12.4 Å². The van der Waals surface area contributed by atoms with Crippen LogP contribution < -0.4 is 15.4 Å². The molecule has 0 saturated heterocycles. The van der Waals surface area contributed by atoms with E-state index in [4.69, 9.17) is 14.9 Å². The molecule has 1 amide bonds. The normalized spacial score (nSPS) is 16.7. The summed E-state index contributed by atoms with van der Waals surface area (Å²) in [6.45, 7) is -0.738. The third kappa shape index (κ3) is 4.18. The number of amides is 1. The van der Waals surface area contributed by atoms with Crippen LogP contribution in [-0.2, 0) is 11.2 Å². The first kappa shape index (κ1) is 19.5. The Morgan fingerprint density at radius 1 is 1.46 bits per heavy atom. The second-order valence-corrected chi connectivity index (χ2v) is 5.95. The lowest BCUT2D eigenvalue weighted by Crippen LogP contribution is -2.39. The Kier molecular flexibility index (Phi) is 6.01. The molecule has 0 fully saturated rings. The van der Waals surface area contributed by atoms with Gasteiger partial charge in [0.2, 0.25) is 11.5 Å². The summed E-state index contributed by atoms with van der Waals surface area (Å²) in [5, 5.41) is 42.7. The predicted octanol–water partition coefficient (Wildman–Crippen LogP) is -0.920. The average molecular weight is 395 g/mol. The lowest BCUT2D eigenvalue weighted by Gasteiger charge is -2.31. The molecule has 3 rings (SSSR count). The van der Waals surface area contributed by atoms with E-state index in [0.717, 1.165) is 11.1 Å². The highest BCUT2D eigenvalue weighted by molar-refractivity contribution is 5.98. The molecule has 1 aromatic heterocycles. The van der Waals surface area contributed by atoms with Crippen molar-refractivity contribution in [1.29, 1.82) is 0 Å². The summed E-state index contributed by atoms with van der Waals surface area (Å²) in [5.41, 5.74) is 1.71. The van der Waals surface area contributed by atoms with Crippen LogP contribution in [-0.4, -0.2) is 63.3 Å². The van der Waals surface area contributed by atoms with Crippen LogP contribution in [0.3, 0.4) is 0 Å². The number of nitrogens with zero attached hydrogens (tertiary/aromatic N) is 3. The number of rotatable bonds is 8. The van der Waals surface area contributed by atoms with Gasteiger partial charge in [0.25, 0.3) is 11.8 Å². The van der Waals surface area contributed by atoms with E-state index in [-0.39, 0.29) is 42.4 Å². The maximum Gasteiger partial charge on any atom is 0.287 e. The number of oxime groups is 1. The lowest BCUT2D eigenvalue weighted by molar-refractivity contribution is -0.131. The summed E-state index contributed by atoms with van der Waals surface area (Å²) in [7, 11) is 0. The van der Waals surface area contributed by atoms with E-state index in [1.54, 1.807) is 6.07 Å². The zero-order valence-electron chi connectivity index (χ0n) is 14.5. The first-order chi connectivity index (χ1) is 13.5. The fourth-order valence-electron chi connectivity index (χ4n) is 2.66. The summed E-state index contributed by atoms with van der Waals surface area (Å²) >= 11 is 0. The smallest absolute Gasteiger partial charge is 0.287 e. The molecule has 1 aliphatic rings. The molecule has 0 spiro atoms. The Morgan fingerprint density at radius 2 is 2.29 bits per heavy atom. The van der Waals surface area contributed by atoms with E-state index in [1.165, 1.54) is 12.1 Å². The average Bonchev–Trinajstić information content (AvgIpc) is 3.15. The second-order valence-electron chi connectivity index (χ2n) is 5.95. The number of nitrogens with one attached hydrogen (secondary N) is 2. The van der Waals surface area contributed by atoms with E-state index in [1.807, 2.05) is 0 Å². The summed E-state index contributed by atoms with van der Waals surface area (Å²) in [5.74, 6) is -1.28. The topological polar surface area (TPSA) is 162 Å². The third-order valence-corrected chi connectivity index (χ3v) is 4.12. The highest BCUT2D eigenvalue weighted by Crippen LogP contribution is 2.33. The molecular formula is C16H18FN5O6. The molecule has 0 unspecified atom stereocenters. The van der Waals surface area contributed by atoms with Crippen LogP contribution >= 0.6 is 0 Å². The molecule has 2 atom stereocenters. The Hall–Kier alpha value is -3.25. The van der Waals surface area contributed by atoms with Crippen molar-refractivity contribution >= 4 is 11.7 Å². The minimum absolute atomic E-state index is 0.00549. The van der Waals surface area contributed by atoms with E-state index in [9.17, 15) is 14.4 Å². The van der Waals surface area contributed by atoms with Gasteiger partial charge in [-0.3, -0.25) is 4.79 Å². The predicted molar refractivity (Wildman–Crippen MR) is 90.2 cm³/mol. The molecule has 0 aliphatic heterocycles. The summed E-state index contributed by atoms with van der Waals surface area (Å²) in [6.07, 6.45) is -0.910. The zero-order chi connectivity index (χ0) is 20.1. The number of amidine groups is 1. The number of fused-ring (bicyclic) bond motifs is 1. The van der Waals surface area contributed by atoms with Gasteiger partial charge in [0, 0.05) is 0 Å². The van der Waals surface area contributed by atoms with Crippen LogP contribution in [0.1, 0.15) is 22.9 Å². The number of benzene rings is 1. The van der Waals surface area contributed by atoms with E-state index in [0.29, 0.717) is 6.42 Å². The van der Waals surface area contributed by atoms with E-state index >= 15 is 0 Å². The van der Waals surface area contributed by atoms with Gasteiger partial charge in [-0.05, 0) is 40.0 Å². The van der Waals surface area contributed by atoms with Gasteiger partial charge >= 0.3 is 0 Å². The van der Waals surface area contributed by atoms with E-state index < -0.39 is 18.6 Å². The molecule has 28 heavy (non-hydrogen) atoms. The molecule has 0 saturated carbocycles. The molecule has 1 aromatic carbocycles. The van der Waals surface area contributed by atoms with Crippen LogP contribution in [0.15, 0.2) is 28.0 Å². The molecule has 0 radical (unpaired) electrons. The van der Waals surface area contributed by atoms with Crippen molar-refractivity contribution in [2.75, 3.05) is 19.8 Å². The number of halogens is 1. The van der Waals surface area contributed by atoms with Crippen molar-refractivity contribution in [2.45, 2.75) is 18.6 Å². The summed E-state index contributed by atoms with van der Waals surface area (Å²) < 4.78 is 23.3. The number of carbonyl (C=O) groups is 1.